The molecule has 0 aromatic carbocycles. The first-order valence-corrected chi connectivity index (χ1v) is 5.77. The van der Waals surface area contributed by atoms with E-state index in [0.29, 0.717) is 5.41 Å². The van der Waals surface area contributed by atoms with Crippen molar-refractivity contribution >= 4 is 0 Å². The summed E-state index contributed by atoms with van der Waals surface area (Å²) in [5.41, 5.74) is 0.517. The third-order valence-electron chi connectivity index (χ3n) is 3.95. The lowest BCUT2D eigenvalue weighted by atomic mass is 9.75. The highest BCUT2D eigenvalue weighted by molar-refractivity contribution is 4.73. The van der Waals surface area contributed by atoms with Gasteiger partial charge < -0.3 is 0 Å². The van der Waals surface area contributed by atoms with Crippen LogP contribution in [-0.4, -0.2) is 0 Å². The molecule has 80 valence electrons. The van der Waals surface area contributed by atoms with E-state index in [1.165, 1.54) is 12.8 Å². The highest BCUT2D eigenvalue weighted by Crippen LogP contribution is 2.33. The van der Waals surface area contributed by atoms with Gasteiger partial charge in [-0.05, 0) is 36.0 Å². The van der Waals surface area contributed by atoms with Gasteiger partial charge in [0.15, 0.2) is 0 Å². The molecule has 0 aliphatic carbocycles. The van der Waals surface area contributed by atoms with Crippen LogP contribution in [0.1, 0.15) is 61.3 Å². The van der Waals surface area contributed by atoms with Gasteiger partial charge in [-0.1, -0.05) is 48.5 Å². The van der Waals surface area contributed by atoms with Gasteiger partial charge in [0, 0.05) is 0 Å². The molecule has 0 nitrogen and oxygen atoms in total. The van der Waals surface area contributed by atoms with Crippen molar-refractivity contribution < 1.29 is 0 Å². The summed E-state index contributed by atoms with van der Waals surface area (Å²) in [6.45, 7) is 16.5. The van der Waals surface area contributed by atoms with E-state index < -0.39 is 0 Å². The normalized spacial score (nSPS) is 15.5. The molecule has 0 heteroatoms. The zero-order valence-corrected chi connectivity index (χ0v) is 10.6. The van der Waals surface area contributed by atoms with Crippen LogP contribution in [0.3, 0.4) is 0 Å². The van der Waals surface area contributed by atoms with Crippen LogP contribution in [-0.2, 0) is 0 Å². The maximum atomic E-state index is 2.39. The second-order valence-electron chi connectivity index (χ2n) is 5.90. The molecule has 0 fully saturated rings. The van der Waals surface area contributed by atoms with Crippen molar-refractivity contribution in [1.29, 1.82) is 0 Å². The van der Waals surface area contributed by atoms with Crippen molar-refractivity contribution in [3.63, 3.8) is 0 Å². The van der Waals surface area contributed by atoms with E-state index in [9.17, 15) is 0 Å². The SMILES string of the molecule is CC(C)C(C)CCC(C)(C)C(C)C. The smallest absolute Gasteiger partial charge is 0.0331 e. The van der Waals surface area contributed by atoms with Crippen LogP contribution in [0.5, 0.6) is 0 Å². The first-order valence-electron chi connectivity index (χ1n) is 5.77. The van der Waals surface area contributed by atoms with Gasteiger partial charge in [-0.2, -0.15) is 0 Å². The Labute approximate surface area is 85.1 Å². The fourth-order valence-corrected chi connectivity index (χ4v) is 1.22. The average molecular weight is 184 g/mol. The molecule has 0 rings (SSSR count). The molecule has 0 saturated heterocycles. The molecule has 13 heavy (non-hydrogen) atoms. The molecule has 0 heterocycles. The van der Waals surface area contributed by atoms with Crippen LogP contribution < -0.4 is 0 Å². The van der Waals surface area contributed by atoms with Crippen molar-refractivity contribution in [3.8, 4) is 0 Å². The predicted octanol–water partition coefficient (Wildman–Crippen LogP) is 4.74. The summed E-state index contributed by atoms with van der Waals surface area (Å²) in [7, 11) is 0. The largest absolute Gasteiger partial charge is 0.0625 e. The molecule has 0 aliphatic rings. The maximum Gasteiger partial charge on any atom is -0.0331 e. The minimum Gasteiger partial charge on any atom is -0.0625 e. The molecule has 0 spiro atoms. The van der Waals surface area contributed by atoms with Crippen LogP contribution in [0.15, 0.2) is 0 Å². The second kappa shape index (κ2) is 5.02. The number of hydrogen-bond acceptors (Lipinski definition) is 0. The maximum absolute atomic E-state index is 2.39. The Hall–Kier alpha value is 0. The summed E-state index contributed by atoms with van der Waals surface area (Å²) < 4.78 is 0. The third-order valence-corrected chi connectivity index (χ3v) is 3.95. The molecule has 0 N–H and O–H groups in total. The minimum absolute atomic E-state index is 0.517. The number of hydrogen-bond donors (Lipinski definition) is 0. The fourth-order valence-electron chi connectivity index (χ4n) is 1.22. The van der Waals surface area contributed by atoms with Crippen LogP contribution >= 0.6 is 0 Å². The molecular formula is C13H28. The Morgan fingerprint density at radius 2 is 1.38 bits per heavy atom. The van der Waals surface area contributed by atoms with Gasteiger partial charge in [-0.25, -0.2) is 0 Å². The quantitative estimate of drug-likeness (QED) is 0.579. The van der Waals surface area contributed by atoms with Gasteiger partial charge in [0.1, 0.15) is 0 Å². The van der Waals surface area contributed by atoms with Crippen LogP contribution in [0.4, 0.5) is 0 Å². The van der Waals surface area contributed by atoms with E-state index >= 15 is 0 Å². The van der Waals surface area contributed by atoms with E-state index in [4.69, 9.17) is 0 Å². The Balaban J connectivity index is 3.88. The van der Waals surface area contributed by atoms with E-state index in [0.717, 1.165) is 17.8 Å². The molecule has 0 amide bonds. The Morgan fingerprint density at radius 1 is 0.923 bits per heavy atom. The summed E-state index contributed by atoms with van der Waals surface area (Å²) in [4.78, 5) is 0. The molecule has 0 radical (unpaired) electrons. The van der Waals surface area contributed by atoms with Gasteiger partial charge in [0.2, 0.25) is 0 Å². The average Bonchev–Trinajstić information content (AvgIpc) is 1.99. The lowest BCUT2D eigenvalue weighted by Crippen LogP contribution is -2.20. The fraction of sp³-hybridized carbons (Fsp3) is 1.00. The highest BCUT2D eigenvalue weighted by atomic mass is 14.3. The van der Waals surface area contributed by atoms with Crippen LogP contribution in [0.2, 0.25) is 0 Å². The van der Waals surface area contributed by atoms with Gasteiger partial charge in [-0.3, -0.25) is 0 Å². The van der Waals surface area contributed by atoms with E-state index in [1.54, 1.807) is 0 Å². The zero-order valence-electron chi connectivity index (χ0n) is 10.6. The summed E-state index contributed by atoms with van der Waals surface area (Å²) in [6, 6.07) is 0. The van der Waals surface area contributed by atoms with Gasteiger partial charge in [0.05, 0.1) is 0 Å². The standard InChI is InChI=1S/C13H28/c1-10(2)12(5)8-9-13(6,7)11(3)4/h10-12H,8-9H2,1-7H3. The topological polar surface area (TPSA) is 0 Å². The predicted molar refractivity (Wildman–Crippen MR) is 61.9 cm³/mol. The lowest BCUT2D eigenvalue weighted by Gasteiger charge is -2.31. The molecule has 0 saturated carbocycles. The van der Waals surface area contributed by atoms with E-state index in [-0.39, 0.29) is 0 Å². The third kappa shape index (κ3) is 4.69. The molecule has 0 aromatic rings. The van der Waals surface area contributed by atoms with Crippen molar-refractivity contribution in [2.24, 2.45) is 23.2 Å². The molecule has 1 atom stereocenters. The van der Waals surface area contributed by atoms with Crippen molar-refractivity contribution in [3.05, 3.63) is 0 Å². The Morgan fingerprint density at radius 3 is 1.69 bits per heavy atom. The molecular weight excluding hydrogens is 156 g/mol. The van der Waals surface area contributed by atoms with Crippen molar-refractivity contribution in [1.82, 2.24) is 0 Å². The molecule has 0 bridgehead atoms. The Bertz CT molecular complexity index is 131. The van der Waals surface area contributed by atoms with E-state index in [2.05, 4.69) is 48.5 Å². The number of rotatable bonds is 5. The van der Waals surface area contributed by atoms with Crippen molar-refractivity contribution in [2.45, 2.75) is 61.3 Å². The lowest BCUT2D eigenvalue weighted by molar-refractivity contribution is 0.200. The zero-order chi connectivity index (χ0) is 10.6. The first-order chi connectivity index (χ1) is 5.77. The molecule has 1 unspecified atom stereocenters. The van der Waals surface area contributed by atoms with Gasteiger partial charge in [-0.15, -0.1) is 0 Å². The van der Waals surface area contributed by atoms with E-state index in [1.807, 2.05) is 0 Å². The van der Waals surface area contributed by atoms with Crippen molar-refractivity contribution in [2.75, 3.05) is 0 Å². The summed E-state index contributed by atoms with van der Waals surface area (Å²) >= 11 is 0. The first kappa shape index (κ1) is 13.0. The monoisotopic (exact) mass is 184 g/mol. The summed E-state index contributed by atoms with van der Waals surface area (Å²) in [5, 5.41) is 0. The molecule has 0 aliphatic heterocycles. The highest BCUT2D eigenvalue weighted by Gasteiger charge is 2.23. The summed E-state index contributed by atoms with van der Waals surface area (Å²) in [6.07, 6.45) is 2.74. The molecule has 0 aromatic heterocycles. The Kier molecular flexibility index (Phi) is 5.02. The van der Waals surface area contributed by atoms with Crippen LogP contribution in [0, 0.1) is 23.2 Å². The summed E-state index contributed by atoms with van der Waals surface area (Å²) in [5.74, 6) is 2.51. The second-order valence-corrected chi connectivity index (χ2v) is 5.90. The van der Waals surface area contributed by atoms with Gasteiger partial charge in [0.25, 0.3) is 0 Å². The minimum atomic E-state index is 0.517. The van der Waals surface area contributed by atoms with Gasteiger partial charge >= 0.3 is 0 Å². The van der Waals surface area contributed by atoms with Crippen LogP contribution in [0.25, 0.3) is 0 Å².